The van der Waals surface area contributed by atoms with Crippen LogP contribution in [0.25, 0.3) is 11.2 Å². The zero-order chi connectivity index (χ0) is 44.5. The van der Waals surface area contributed by atoms with Crippen molar-refractivity contribution in [2.45, 2.75) is 77.6 Å². The second-order valence-electron chi connectivity index (χ2n) is 13.8. The van der Waals surface area contributed by atoms with Crippen LogP contribution < -0.4 is 35.9 Å². The molecule has 26 nitrogen and oxygen atoms in total. The monoisotopic (exact) mass is 919 g/mol. The molecule has 2 aromatic heterocycles. The number of nitrogens with one attached hydrogen (secondary N) is 2. The van der Waals surface area contributed by atoms with Crippen molar-refractivity contribution >= 4 is 75.1 Å². The maximum absolute atomic E-state index is 12.6. The van der Waals surface area contributed by atoms with Crippen LogP contribution in [-0.2, 0) is 55.5 Å². The number of anilines is 1. The predicted molar refractivity (Wildman–Crippen MR) is 193 cm³/mol. The van der Waals surface area contributed by atoms with Gasteiger partial charge >= 0.3 is 5.97 Å². The number of nitrogens with zero attached hydrogens (tertiary/aromatic N) is 4. The molecule has 1 aliphatic rings. The van der Waals surface area contributed by atoms with Crippen molar-refractivity contribution in [2.75, 3.05) is 37.8 Å². The zero-order valence-corrected chi connectivity index (χ0v) is 35.3. The fraction of sp³-hybridized carbons (Fsp3) is 0.690. The van der Waals surface area contributed by atoms with Gasteiger partial charge in [0.2, 0.25) is 16.9 Å². The molecule has 59 heavy (non-hydrogen) atoms. The highest BCUT2D eigenvalue weighted by Crippen LogP contribution is 2.56. The molecule has 0 spiro atoms. The lowest BCUT2D eigenvalue weighted by Crippen LogP contribution is -2.46. The molecule has 3 rings (SSSR count). The summed E-state index contributed by atoms with van der Waals surface area (Å²) in [5, 5.41) is 34.9. The molecule has 1 aliphatic heterocycles. The number of aliphatic carboxylic acids is 1. The smallest absolute Gasteiger partial charge is 0.314 e. The van der Waals surface area contributed by atoms with Gasteiger partial charge in [0.1, 0.15) is 42.2 Å². The lowest BCUT2D eigenvalue weighted by molar-refractivity contribution is -0.347. The summed E-state index contributed by atoms with van der Waals surface area (Å²) in [5.41, 5.74) is 4.00. The van der Waals surface area contributed by atoms with E-state index in [1.54, 1.807) is 0 Å². The average molecular weight is 920 g/mol. The zero-order valence-electron chi connectivity index (χ0n) is 31.8. The molecule has 9 unspecified atom stereocenters. The molecule has 2 aromatic rings. The lowest BCUT2D eigenvalue weighted by Gasteiger charge is -2.36. The quantitative estimate of drug-likeness (QED) is 0.0354. The van der Waals surface area contributed by atoms with Crippen LogP contribution in [0, 0.1) is 17.3 Å². The van der Waals surface area contributed by atoms with Gasteiger partial charge in [0.05, 0.1) is 27.4 Å². The maximum Gasteiger partial charge on any atom is 0.314 e. The van der Waals surface area contributed by atoms with E-state index in [0.29, 0.717) is 6.42 Å². The molecule has 0 radical (unpaired) electrons. The third-order valence-corrected chi connectivity index (χ3v) is 12.6. The summed E-state index contributed by atoms with van der Waals surface area (Å²) in [6.45, 7) is 3.45. The fourth-order valence-electron chi connectivity index (χ4n) is 5.23. The first-order valence-corrected chi connectivity index (χ1v) is 22.9. The molecule has 30 heteroatoms. The van der Waals surface area contributed by atoms with E-state index in [-0.39, 0.29) is 54.6 Å². The Morgan fingerprint density at radius 2 is 1.73 bits per heavy atom. The van der Waals surface area contributed by atoms with E-state index < -0.39 is 102 Å². The summed E-state index contributed by atoms with van der Waals surface area (Å²) in [4.78, 5) is 108. The molecule has 9 atom stereocenters. The minimum absolute atomic E-state index is 0.0137. The molecule has 0 bridgehead atoms. The van der Waals surface area contributed by atoms with Crippen LogP contribution in [0.5, 0.6) is 0 Å². The van der Waals surface area contributed by atoms with Crippen molar-refractivity contribution in [2.24, 2.45) is 17.3 Å². The summed E-state index contributed by atoms with van der Waals surface area (Å²) >= 11 is 0.767. The minimum Gasteiger partial charge on any atom is -0.790 e. The summed E-state index contributed by atoms with van der Waals surface area (Å²) in [6.07, 6.45) is -6.91. The van der Waals surface area contributed by atoms with Gasteiger partial charge in [-0.05, 0) is 12.3 Å². The van der Waals surface area contributed by atoms with Crippen LogP contribution in [0.1, 0.15) is 53.2 Å². The molecule has 0 saturated carbocycles. The number of imidazole rings is 1. The number of amides is 2. The Morgan fingerprint density at radius 3 is 2.36 bits per heavy atom. The second kappa shape index (κ2) is 21.2. The van der Waals surface area contributed by atoms with Crippen molar-refractivity contribution < 1.29 is 90.4 Å². The van der Waals surface area contributed by atoms with Gasteiger partial charge in [0, 0.05) is 30.7 Å². The van der Waals surface area contributed by atoms with Crippen molar-refractivity contribution in [3.63, 3.8) is 0 Å². The number of hydrogen-bond donors (Lipinski definition) is 6. The third-order valence-electron chi connectivity index (χ3n) is 8.64. The molecule has 0 aliphatic carbocycles. The van der Waals surface area contributed by atoms with Gasteiger partial charge in [-0.2, -0.15) is 0 Å². The molecule has 7 N–H and O–H groups in total. The van der Waals surface area contributed by atoms with E-state index in [9.17, 15) is 67.8 Å². The van der Waals surface area contributed by atoms with Gasteiger partial charge < -0.3 is 74.1 Å². The maximum atomic E-state index is 12.6. The van der Waals surface area contributed by atoms with Crippen LogP contribution in [0.3, 0.4) is 0 Å². The second-order valence-corrected chi connectivity index (χ2v) is 19.0. The summed E-state index contributed by atoms with van der Waals surface area (Å²) in [5.74, 6) is -3.99. The predicted octanol–water partition coefficient (Wildman–Crippen LogP) is -2.73. The number of thioether (sulfide) groups is 1. The highest BCUT2D eigenvalue weighted by molar-refractivity contribution is 8.13. The minimum atomic E-state index is -5.94. The number of aromatic nitrogens is 4. The SMILES string of the molecule is CCC(C)CC(C(=O)O)C(=O)SCCNC(=O)CCNC(=O)C(O)C(C)(C)COP(=O)([O-])OP(=O)([O-])OCC1OC(n2cnc3c(N)ncnc32)C(O)C1OP(=O)([O-])[O-]. The number of carbonyl (C=O) groups is 4. The highest BCUT2D eigenvalue weighted by Gasteiger charge is 2.47. The van der Waals surface area contributed by atoms with Gasteiger partial charge in [-0.3, -0.25) is 32.9 Å². The van der Waals surface area contributed by atoms with Crippen LogP contribution in [0.15, 0.2) is 12.7 Å². The van der Waals surface area contributed by atoms with Crippen LogP contribution in [-0.4, -0.2) is 114 Å². The van der Waals surface area contributed by atoms with E-state index in [1.165, 1.54) is 13.8 Å². The number of hydrogen-bond acceptors (Lipinski definition) is 23. The third kappa shape index (κ3) is 15.2. The number of carbonyl (C=O) groups excluding carboxylic acids is 3. The topological polar surface area (TPSA) is 412 Å². The lowest BCUT2D eigenvalue weighted by atomic mass is 9.87. The molecule has 3 heterocycles. The van der Waals surface area contributed by atoms with E-state index in [2.05, 4.69) is 43.5 Å². The first-order chi connectivity index (χ1) is 27.3. The van der Waals surface area contributed by atoms with E-state index in [4.69, 9.17) is 10.5 Å². The summed E-state index contributed by atoms with van der Waals surface area (Å²) in [7, 11) is -17.7. The normalized spacial score (nSPS) is 22.2. The van der Waals surface area contributed by atoms with Crippen LogP contribution in [0.4, 0.5) is 5.82 Å². The molecule has 1 saturated heterocycles. The number of phosphoric ester groups is 3. The Labute approximate surface area is 340 Å². The number of nitrogens with two attached hydrogens (primary N) is 1. The van der Waals surface area contributed by atoms with Gasteiger partial charge in [-0.25, -0.2) is 19.3 Å². The van der Waals surface area contributed by atoms with E-state index >= 15 is 0 Å². The number of nitrogen functional groups attached to an aromatic ring is 1. The molecular formula is C29H44N7O19P3S-4. The van der Waals surface area contributed by atoms with E-state index in [0.717, 1.165) is 29.0 Å². The number of fused-ring (bicyclic) bond motifs is 1. The fourth-order valence-corrected chi connectivity index (χ4v) is 8.77. The Balaban J connectivity index is 1.47. The number of rotatable bonds is 24. The van der Waals surface area contributed by atoms with Crippen molar-refractivity contribution in [3.8, 4) is 0 Å². The number of aliphatic hydroxyl groups excluding tert-OH is 2. The highest BCUT2D eigenvalue weighted by atomic mass is 32.2. The van der Waals surface area contributed by atoms with Gasteiger partial charge in [0.15, 0.2) is 17.7 Å². The summed E-state index contributed by atoms with van der Waals surface area (Å²) in [6, 6.07) is 0. The van der Waals surface area contributed by atoms with Crippen LogP contribution in [0.2, 0.25) is 0 Å². The van der Waals surface area contributed by atoms with Gasteiger partial charge in [0.25, 0.3) is 15.6 Å². The Kier molecular flexibility index (Phi) is 18.1. The number of carboxylic acids is 1. The number of phosphoric acid groups is 3. The molecular weight excluding hydrogens is 875 g/mol. The number of aliphatic hydroxyl groups is 2. The Hall–Kier alpha value is -2.97. The molecule has 0 aromatic carbocycles. The largest absolute Gasteiger partial charge is 0.790 e. The Morgan fingerprint density at radius 1 is 1.07 bits per heavy atom. The van der Waals surface area contributed by atoms with Crippen molar-refractivity contribution in [1.29, 1.82) is 0 Å². The molecule has 334 valence electrons. The van der Waals surface area contributed by atoms with Gasteiger partial charge in [-0.15, -0.1) is 0 Å². The Bertz CT molecular complexity index is 1950. The van der Waals surface area contributed by atoms with Crippen LogP contribution >= 0.6 is 35.2 Å². The van der Waals surface area contributed by atoms with Gasteiger partial charge in [-0.1, -0.05) is 45.9 Å². The first-order valence-electron chi connectivity index (χ1n) is 17.5. The van der Waals surface area contributed by atoms with E-state index in [1.807, 2.05) is 13.8 Å². The molecule has 2 amide bonds. The average Bonchev–Trinajstić information content (AvgIpc) is 3.69. The first kappa shape index (κ1) is 50.4. The number of carboxylic acid groups (broad SMARTS) is 1. The van der Waals surface area contributed by atoms with Crippen molar-refractivity contribution in [1.82, 2.24) is 30.2 Å². The number of ether oxygens (including phenoxy) is 1. The summed E-state index contributed by atoms with van der Waals surface area (Å²) < 4.78 is 60.5. The molecule has 1 fully saturated rings. The standard InChI is InChI=1S/C29H48N7O19P3S/c1-5-15(2)10-16(27(41)42)28(43)59-9-8-31-18(37)6-7-32-25(40)22(39)29(3,4)12-52-58(49,50)55-57(47,48)51-11-17-21(54-56(44,45)46)20(38)26(53-17)36-14-35-19-23(30)33-13-34-24(19)36/h13-17,20-22,26,38-39H,5-12H2,1-4H3,(H,31,37)(H,32,40)(H,41,42)(H,47,48)(H,49,50)(H2,30,33,34)(H2,44,45,46)/p-4. The van der Waals surface area contributed by atoms with Crippen molar-refractivity contribution in [3.05, 3.63) is 12.7 Å².